The number of nitrogens with zero attached hydrogens (tertiary/aromatic N) is 2. The first-order valence-corrected chi connectivity index (χ1v) is 12.3. The van der Waals surface area contributed by atoms with E-state index in [0.29, 0.717) is 24.3 Å². The van der Waals surface area contributed by atoms with E-state index in [2.05, 4.69) is 10.6 Å². The van der Waals surface area contributed by atoms with Crippen LogP contribution in [0, 0.1) is 0 Å². The average molecular weight is 527 g/mol. The summed E-state index contributed by atoms with van der Waals surface area (Å²) in [4.78, 5) is 39.5. The fraction of sp³-hybridized carbons (Fsp3) is 0.321. The number of nitrogens with one attached hydrogen (secondary N) is 2. The third-order valence-corrected chi connectivity index (χ3v) is 6.71. The lowest BCUT2D eigenvalue weighted by atomic mass is 9.89. The number of alkyl halides is 3. The van der Waals surface area contributed by atoms with E-state index in [0.717, 1.165) is 30.8 Å². The molecular weight excluding hydrogens is 497 g/mol. The summed E-state index contributed by atoms with van der Waals surface area (Å²) in [6.45, 7) is 2.76. The standard InChI is InChI=1S/C28H29F3N4O3/c1-18(32-25(36)21-6-4-3-5-7-21)27(38)35-14-12-20(13-15-35)19-8-10-22(11-9-19)33-26(37)23-16-34(2)17-24(23)28(29,30)31/h3-11,16-18,20H,12-15H2,1-2H3,(H,32,36)(H,33,37). The summed E-state index contributed by atoms with van der Waals surface area (Å²) in [5.74, 6) is -1.06. The lowest BCUT2D eigenvalue weighted by Crippen LogP contribution is -2.49. The van der Waals surface area contributed by atoms with Crippen molar-refractivity contribution >= 4 is 23.4 Å². The molecule has 38 heavy (non-hydrogen) atoms. The van der Waals surface area contributed by atoms with E-state index >= 15 is 0 Å². The van der Waals surface area contributed by atoms with Gasteiger partial charge in [-0.3, -0.25) is 14.4 Å². The van der Waals surface area contributed by atoms with Gasteiger partial charge in [0, 0.05) is 43.8 Å². The van der Waals surface area contributed by atoms with E-state index in [9.17, 15) is 27.6 Å². The molecule has 2 aromatic carbocycles. The van der Waals surface area contributed by atoms with Crippen LogP contribution in [-0.4, -0.2) is 46.3 Å². The van der Waals surface area contributed by atoms with Crippen molar-refractivity contribution in [3.05, 3.63) is 89.2 Å². The summed E-state index contributed by atoms with van der Waals surface area (Å²) in [5.41, 5.74) is 0.497. The molecule has 0 aliphatic carbocycles. The highest BCUT2D eigenvalue weighted by Crippen LogP contribution is 2.33. The van der Waals surface area contributed by atoms with Gasteiger partial charge in [-0.1, -0.05) is 30.3 Å². The van der Waals surface area contributed by atoms with E-state index in [1.807, 2.05) is 18.2 Å². The fourth-order valence-electron chi connectivity index (χ4n) is 4.67. The zero-order valence-electron chi connectivity index (χ0n) is 21.1. The molecule has 1 fully saturated rings. The number of anilines is 1. The first-order valence-electron chi connectivity index (χ1n) is 12.3. The van der Waals surface area contributed by atoms with E-state index < -0.39 is 29.3 Å². The van der Waals surface area contributed by atoms with Crippen LogP contribution in [0.25, 0.3) is 0 Å². The van der Waals surface area contributed by atoms with Crippen LogP contribution in [0.3, 0.4) is 0 Å². The second-order valence-corrected chi connectivity index (χ2v) is 9.49. The van der Waals surface area contributed by atoms with Gasteiger partial charge in [0.2, 0.25) is 5.91 Å². The minimum Gasteiger partial charge on any atom is -0.356 e. The van der Waals surface area contributed by atoms with Crippen molar-refractivity contribution in [2.24, 2.45) is 7.05 Å². The van der Waals surface area contributed by atoms with Crippen molar-refractivity contribution in [3.8, 4) is 0 Å². The van der Waals surface area contributed by atoms with Gasteiger partial charge in [0.25, 0.3) is 11.8 Å². The minimum atomic E-state index is -4.63. The Balaban J connectivity index is 1.30. The maximum Gasteiger partial charge on any atom is 0.418 e. The average Bonchev–Trinajstić information content (AvgIpc) is 3.32. The van der Waals surface area contributed by atoms with Gasteiger partial charge >= 0.3 is 6.18 Å². The Morgan fingerprint density at radius 2 is 1.55 bits per heavy atom. The van der Waals surface area contributed by atoms with Crippen molar-refractivity contribution in [1.82, 2.24) is 14.8 Å². The molecule has 1 unspecified atom stereocenters. The summed E-state index contributed by atoms with van der Waals surface area (Å²) in [5, 5.41) is 5.29. The summed E-state index contributed by atoms with van der Waals surface area (Å²) in [7, 11) is 1.43. The Kier molecular flexibility index (Phi) is 7.89. The second kappa shape index (κ2) is 11.1. The highest BCUT2D eigenvalue weighted by atomic mass is 19.4. The van der Waals surface area contributed by atoms with Crippen LogP contribution in [0.2, 0.25) is 0 Å². The Morgan fingerprint density at radius 1 is 0.921 bits per heavy atom. The number of carbonyl (C=O) groups is 3. The van der Waals surface area contributed by atoms with Crippen LogP contribution in [-0.2, 0) is 18.0 Å². The second-order valence-electron chi connectivity index (χ2n) is 9.49. The van der Waals surface area contributed by atoms with Crippen LogP contribution in [0.4, 0.5) is 18.9 Å². The molecule has 0 spiro atoms. The molecule has 4 rings (SSSR count). The number of piperidine rings is 1. The zero-order valence-corrected chi connectivity index (χ0v) is 21.1. The number of aryl methyl sites for hydroxylation is 1. The number of amides is 3. The van der Waals surface area contributed by atoms with Crippen LogP contribution < -0.4 is 10.6 Å². The molecule has 2 N–H and O–H groups in total. The van der Waals surface area contributed by atoms with Crippen molar-refractivity contribution in [2.45, 2.75) is 37.9 Å². The molecule has 1 aliphatic heterocycles. The Morgan fingerprint density at radius 3 is 2.16 bits per heavy atom. The fourth-order valence-corrected chi connectivity index (χ4v) is 4.67. The molecule has 7 nitrogen and oxygen atoms in total. The van der Waals surface area contributed by atoms with Crippen LogP contribution in [0.1, 0.15) is 57.5 Å². The highest BCUT2D eigenvalue weighted by Gasteiger charge is 2.36. The Hall–Kier alpha value is -4.08. The quantitative estimate of drug-likeness (QED) is 0.483. The molecule has 1 aliphatic rings. The normalized spacial score (nSPS) is 15.1. The summed E-state index contributed by atoms with van der Waals surface area (Å²) in [6, 6.07) is 15.1. The molecular formula is C28H29F3N4O3. The smallest absolute Gasteiger partial charge is 0.356 e. The van der Waals surface area contributed by atoms with Gasteiger partial charge < -0.3 is 20.1 Å². The van der Waals surface area contributed by atoms with E-state index in [1.165, 1.54) is 11.6 Å². The highest BCUT2D eigenvalue weighted by molar-refractivity contribution is 6.05. The number of hydrogen-bond acceptors (Lipinski definition) is 3. The Labute approximate surface area is 218 Å². The molecule has 3 aromatic rings. The minimum absolute atomic E-state index is 0.134. The van der Waals surface area contributed by atoms with Crippen LogP contribution in [0.15, 0.2) is 67.0 Å². The molecule has 10 heteroatoms. The number of carbonyl (C=O) groups excluding carboxylic acids is 3. The summed E-state index contributed by atoms with van der Waals surface area (Å²) in [6.07, 6.45) is -1.13. The predicted molar refractivity (Wildman–Crippen MR) is 137 cm³/mol. The van der Waals surface area contributed by atoms with Gasteiger partial charge in [-0.25, -0.2) is 0 Å². The number of rotatable bonds is 6. The third-order valence-electron chi connectivity index (χ3n) is 6.71. The maximum absolute atomic E-state index is 13.2. The number of benzene rings is 2. The van der Waals surface area contributed by atoms with E-state index in [1.54, 1.807) is 48.2 Å². The Bertz CT molecular complexity index is 1300. The SMILES string of the molecule is CC(NC(=O)c1ccccc1)C(=O)N1CCC(c2ccc(NC(=O)c3cn(C)cc3C(F)(F)F)cc2)CC1. The van der Waals surface area contributed by atoms with Gasteiger partial charge in [0.1, 0.15) is 6.04 Å². The molecule has 200 valence electrons. The molecule has 0 saturated carbocycles. The summed E-state index contributed by atoms with van der Waals surface area (Å²) >= 11 is 0. The number of hydrogen-bond donors (Lipinski definition) is 2. The lowest BCUT2D eigenvalue weighted by Gasteiger charge is -2.34. The van der Waals surface area contributed by atoms with Crippen molar-refractivity contribution < 1.29 is 27.6 Å². The maximum atomic E-state index is 13.2. The predicted octanol–water partition coefficient (Wildman–Crippen LogP) is 4.82. The monoisotopic (exact) mass is 526 g/mol. The first kappa shape index (κ1) is 27.0. The van der Waals surface area contributed by atoms with Crippen LogP contribution >= 0.6 is 0 Å². The molecule has 2 heterocycles. The van der Waals surface area contributed by atoms with Gasteiger partial charge in [0.05, 0.1) is 11.1 Å². The largest absolute Gasteiger partial charge is 0.418 e. The van der Waals surface area contributed by atoms with E-state index in [-0.39, 0.29) is 17.7 Å². The number of likely N-dealkylation sites (tertiary alicyclic amines) is 1. The molecule has 1 saturated heterocycles. The third kappa shape index (κ3) is 6.24. The molecule has 0 radical (unpaired) electrons. The molecule has 3 amide bonds. The molecule has 1 atom stereocenters. The topological polar surface area (TPSA) is 83.4 Å². The van der Waals surface area contributed by atoms with Crippen LogP contribution in [0.5, 0.6) is 0 Å². The number of halogens is 3. The first-order chi connectivity index (χ1) is 18.0. The van der Waals surface area contributed by atoms with Gasteiger partial charge in [0.15, 0.2) is 0 Å². The molecule has 0 bridgehead atoms. The number of aromatic nitrogens is 1. The van der Waals surface area contributed by atoms with Gasteiger partial charge in [-0.2, -0.15) is 13.2 Å². The van der Waals surface area contributed by atoms with Gasteiger partial charge in [-0.15, -0.1) is 0 Å². The summed E-state index contributed by atoms with van der Waals surface area (Å²) < 4.78 is 40.9. The zero-order chi connectivity index (χ0) is 27.4. The lowest BCUT2D eigenvalue weighted by molar-refractivity contribution is -0.138. The van der Waals surface area contributed by atoms with Crippen molar-refractivity contribution in [3.63, 3.8) is 0 Å². The van der Waals surface area contributed by atoms with Gasteiger partial charge in [-0.05, 0) is 55.5 Å². The van der Waals surface area contributed by atoms with Crippen molar-refractivity contribution in [2.75, 3.05) is 18.4 Å². The molecule has 1 aromatic heterocycles. The van der Waals surface area contributed by atoms with E-state index in [4.69, 9.17) is 0 Å². The van der Waals surface area contributed by atoms with Crippen molar-refractivity contribution in [1.29, 1.82) is 0 Å².